The van der Waals surface area contributed by atoms with Gasteiger partial charge in [0.05, 0.1) is 0 Å². The summed E-state index contributed by atoms with van der Waals surface area (Å²) in [5, 5.41) is 7.04. The van der Waals surface area contributed by atoms with Crippen LogP contribution in [0.25, 0.3) is 5.95 Å². The van der Waals surface area contributed by atoms with E-state index >= 15 is 0 Å². The van der Waals surface area contributed by atoms with Crippen LogP contribution in [0.15, 0.2) is 43.0 Å². The lowest BCUT2D eigenvalue weighted by atomic mass is 10.3. The fraction of sp³-hybridized carbons (Fsp3) is 0.154. The third-order valence-electron chi connectivity index (χ3n) is 2.51. The quantitative estimate of drug-likeness (QED) is 0.761. The Balaban J connectivity index is 1.95. The van der Waals surface area contributed by atoms with E-state index in [1.165, 1.54) is 17.3 Å². The molecule has 1 N–H and O–H groups in total. The average molecular weight is 283 g/mol. The van der Waals surface area contributed by atoms with Crippen molar-refractivity contribution >= 4 is 5.95 Å². The summed E-state index contributed by atoms with van der Waals surface area (Å²) >= 11 is 0. The molecule has 106 valence electrons. The number of hydrogen-bond donors (Lipinski definition) is 1. The Morgan fingerprint density at radius 1 is 1.14 bits per heavy atom. The molecular formula is C13H13N7O. The van der Waals surface area contributed by atoms with Crippen molar-refractivity contribution in [2.24, 2.45) is 0 Å². The second-order valence-corrected chi connectivity index (χ2v) is 4.03. The molecule has 0 fully saturated rings. The van der Waals surface area contributed by atoms with Crippen LogP contribution in [0, 0.1) is 0 Å². The predicted molar refractivity (Wildman–Crippen MR) is 75.4 cm³/mol. The minimum absolute atomic E-state index is 0.192. The summed E-state index contributed by atoms with van der Waals surface area (Å²) in [6.07, 6.45) is 2.92. The first-order valence-electron chi connectivity index (χ1n) is 6.43. The van der Waals surface area contributed by atoms with Crippen molar-refractivity contribution in [3.05, 3.63) is 43.0 Å². The zero-order chi connectivity index (χ0) is 14.5. The second-order valence-electron chi connectivity index (χ2n) is 4.03. The Bertz CT molecular complexity index is 700. The summed E-state index contributed by atoms with van der Waals surface area (Å²) in [4.78, 5) is 16.6. The number of nitrogens with zero attached hydrogens (tertiary/aromatic N) is 6. The number of ether oxygens (including phenoxy) is 1. The summed E-state index contributed by atoms with van der Waals surface area (Å²) in [5.74, 6) is 1.41. The van der Waals surface area contributed by atoms with Crippen LogP contribution in [0.4, 0.5) is 5.95 Å². The van der Waals surface area contributed by atoms with Gasteiger partial charge in [0, 0.05) is 6.54 Å². The van der Waals surface area contributed by atoms with Gasteiger partial charge < -0.3 is 10.1 Å². The zero-order valence-electron chi connectivity index (χ0n) is 11.3. The molecule has 3 rings (SSSR count). The summed E-state index contributed by atoms with van der Waals surface area (Å²) in [7, 11) is 0. The predicted octanol–water partition coefficient (Wildman–Crippen LogP) is 1.68. The first-order valence-corrected chi connectivity index (χ1v) is 6.43. The molecule has 8 heteroatoms. The van der Waals surface area contributed by atoms with E-state index < -0.39 is 0 Å². The molecule has 3 aromatic rings. The summed E-state index contributed by atoms with van der Waals surface area (Å²) < 4.78 is 7.09. The monoisotopic (exact) mass is 283 g/mol. The van der Waals surface area contributed by atoms with Crippen LogP contribution in [0.1, 0.15) is 6.92 Å². The van der Waals surface area contributed by atoms with Gasteiger partial charge in [-0.05, 0) is 19.1 Å². The van der Waals surface area contributed by atoms with Crippen molar-refractivity contribution in [2.75, 3.05) is 11.9 Å². The van der Waals surface area contributed by atoms with Crippen LogP contribution >= 0.6 is 0 Å². The number of aromatic nitrogens is 6. The Kier molecular flexibility index (Phi) is 3.68. The topological polar surface area (TPSA) is 90.6 Å². The van der Waals surface area contributed by atoms with Gasteiger partial charge in [-0.2, -0.15) is 24.7 Å². The highest BCUT2D eigenvalue weighted by molar-refractivity contribution is 5.31. The lowest BCUT2D eigenvalue weighted by Gasteiger charge is -2.08. The van der Waals surface area contributed by atoms with E-state index in [0.29, 0.717) is 24.2 Å². The molecule has 8 nitrogen and oxygen atoms in total. The molecule has 0 radical (unpaired) electrons. The number of hydrogen-bond acceptors (Lipinski definition) is 7. The van der Waals surface area contributed by atoms with Crippen LogP contribution in [-0.2, 0) is 0 Å². The first-order chi connectivity index (χ1) is 10.3. The van der Waals surface area contributed by atoms with E-state index in [-0.39, 0.29) is 6.01 Å². The maximum Gasteiger partial charge on any atom is 0.328 e. The SMILES string of the molecule is CCNc1nc(Oc2ccccc2)nc(-n2cncn2)n1. The van der Waals surface area contributed by atoms with Crippen LogP contribution in [0.5, 0.6) is 11.8 Å². The molecule has 0 unspecified atom stereocenters. The van der Waals surface area contributed by atoms with Gasteiger partial charge in [0.15, 0.2) is 0 Å². The van der Waals surface area contributed by atoms with E-state index in [1.807, 2.05) is 37.3 Å². The lowest BCUT2D eigenvalue weighted by molar-refractivity contribution is 0.438. The zero-order valence-corrected chi connectivity index (χ0v) is 11.3. The van der Waals surface area contributed by atoms with Gasteiger partial charge in [-0.15, -0.1) is 0 Å². The fourth-order valence-electron chi connectivity index (χ4n) is 1.64. The molecule has 2 aromatic heterocycles. The number of nitrogens with one attached hydrogen (secondary N) is 1. The van der Waals surface area contributed by atoms with E-state index in [9.17, 15) is 0 Å². The van der Waals surface area contributed by atoms with E-state index in [1.54, 1.807) is 0 Å². The maximum atomic E-state index is 5.64. The molecule has 0 aliphatic rings. The molecule has 0 saturated heterocycles. The molecule has 0 atom stereocenters. The summed E-state index contributed by atoms with van der Waals surface area (Å²) in [6.45, 7) is 2.64. The van der Waals surface area contributed by atoms with Crippen molar-refractivity contribution in [3.63, 3.8) is 0 Å². The highest BCUT2D eigenvalue weighted by atomic mass is 16.5. The van der Waals surface area contributed by atoms with Crippen molar-refractivity contribution in [2.45, 2.75) is 6.92 Å². The van der Waals surface area contributed by atoms with Gasteiger partial charge in [-0.25, -0.2) is 4.98 Å². The van der Waals surface area contributed by atoms with E-state index in [2.05, 4.69) is 30.4 Å². The van der Waals surface area contributed by atoms with Crippen molar-refractivity contribution in [3.8, 4) is 17.7 Å². The van der Waals surface area contributed by atoms with Gasteiger partial charge in [-0.3, -0.25) is 0 Å². The molecule has 0 bridgehead atoms. The standard InChI is InChI=1S/C13H13N7O/c1-2-15-11-17-12(20-9-14-8-16-20)19-13(18-11)21-10-6-4-3-5-7-10/h3-9H,2H2,1H3,(H,15,17,18,19). The second kappa shape index (κ2) is 5.95. The van der Waals surface area contributed by atoms with Gasteiger partial charge in [0.25, 0.3) is 5.95 Å². The summed E-state index contributed by atoms with van der Waals surface area (Å²) in [6, 6.07) is 9.50. The Morgan fingerprint density at radius 2 is 2.00 bits per heavy atom. The largest absolute Gasteiger partial charge is 0.424 e. The first kappa shape index (κ1) is 13.0. The van der Waals surface area contributed by atoms with Gasteiger partial charge in [0.1, 0.15) is 18.4 Å². The van der Waals surface area contributed by atoms with Crippen molar-refractivity contribution < 1.29 is 4.74 Å². The Hall–Kier alpha value is -3.03. The average Bonchev–Trinajstić information content (AvgIpc) is 3.03. The lowest BCUT2D eigenvalue weighted by Crippen LogP contribution is -2.10. The number of anilines is 1. The van der Waals surface area contributed by atoms with E-state index in [0.717, 1.165) is 0 Å². The molecule has 2 heterocycles. The van der Waals surface area contributed by atoms with Crippen molar-refractivity contribution in [1.29, 1.82) is 0 Å². The smallest absolute Gasteiger partial charge is 0.328 e. The number of benzene rings is 1. The molecule has 21 heavy (non-hydrogen) atoms. The molecule has 0 amide bonds. The number of rotatable bonds is 5. The molecule has 0 aliphatic carbocycles. The normalized spacial score (nSPS) is 10.3. The van der Waals surface area contributed by atoms with E-state index in [4.69, 9.17) is 4.74 Å². The highest BCUT2D eigenvalue weighted by Gasteiger charge is 2.10. The maximum absolute atomic E-state index is 5.64. The fourth-order valence-corrected chi connectivity index (χ4v) is 1.64. The third kappa shape index (κ3) is 3.11. The highest BCUT2D eigenvalue weighted by Crippen LogP contribution is 2.18. The van der Waals surface area contributed by atoms with Crippen LogP contribution < -0.4 is 10.1 Å². The van der Waals surface area contributed by atoms with Gasteiger partial charge >= 0.3 is 6.01 Å². The van der Waals surface area contributed by atoms with Gasteiger partial charge in [-0.1, -0.05) is 18.2 Å². The van der Waals surface area contributed by atoms with Crippen LogP contribution in [0.2, 0.25) is 0 Å². The van der Waals surface area contributed by atoms with Crippen LogP contribution in [0.3, 0.4) is 0 Å². The molecular weight excluding hydrogens is 270 g/mol. The Labute approximate surface area is 120 Å². The third-order valence-corrected chi connectivity index (χ3v) is 2.51. The van der Waals surface area contributed by atoms with Crippen molar-refractivity contribution in [1.82, 2.24) is 29.7 Å². The summed E-state index contributed by atoms with van der Waals surface area (Å²) in [5.41, 5.74) is 0. The molecule has 0 spiro atoms. The molecule has 1 aromatic carbocycles. The minimum Gasteiger partial charge on any atom is -0.424 e. The molecule has 0 saturated carbocycles. The molecule has 0 aliphatic heterocycles. The van der Waals surface area contributed by atoms with Gasteiger partial charge in [0.2, 0.25) is 5.95 Å². The minimum atomic E-state index is 0.192. The Morgan fingerprint density at radius 3 is 2.71 bits per heavy atom. The number of para-hydroxylation sites is 1. The van der Waals surface area contributed by atoms with Crippen LogP contribution in [-0.4, -0.2) is 36.3 Å².